The molecule has 10 heteroatoms. The second-order valence-electron chi connectivity index (χ2n) is 1.36. The van der Waals surface area contributed by atoms with Crippen LogP contribution in [0.25, 0.3) is 0 Å². The summed E-state index contributed by atoms with van der Waals surface area (Å²) in [5, 5.41) is 29.5. The fourth-order valence-electron chi connectivity index (χ4n) is 0. The Morgan fingerprint density at radius 2 is 0.923 bits per heavy atom. The van der Waals surface area contributed by atoms with Crippen molar-refractivity contribution in [2.75, 3.05) is 0 Å². The van der Waals surface area contributed by atoms with Gasteiger partial charge in [-0.05, 0) is 13.8 Å². The van der Waals surface area contributed by atoms with Crippen LogP contribution < -0.4 is 0 Å². The van der Waals surface area contributed by atoms with E-state index >= 15 is 0 Å². The third-order valence-corrected chi connectivity index (χ3v) is 0. The van der Waals surface area contributed by atoms with Crippen LogP contribution in [-0.2, 0) is 21.9 Å². The normalized spacial score (nSPS) is 5.69. The van der Waals surface area contributed by atoms with Crippen LogP contribution in [0.2, 0.25) is 0 Å². The molecule has 0 aliphatic carbocycles. The summed E-state index contributed by atoms with van der Waals surface area (Å²) in [7, 11) is 0. The Labute approximate surface area is 83.0 Å². The predicted octanol–water partition coefficient (Wildman–Crippen LogP) is 0.115. The zero-order valence-corrected chi connectivity index (χ0v) is 7.50. The molecule has 0 aromatic rings. The molecule has 0 aromatic carbocycles. The first-order chi connectivity index (χ1) is 5.20. The Hall–Kier alpha value is -1.41. The molecule has 0 atom stereocenters. The van der Waals surface area contributed by atoms with E-state index in [4.69, 9.17) is 30.6 Å². The molecule has 0 unspecified atom stereocenters. The molecule has 0 rings (SSSR count). The number of carbonyl (C=O) groups excluding carboxylic acids is 1. The van der Waals surface area contributed by atoms with Gasteiger partial charge >= 0.3 is 17.1 Å². The topological polar surface area (TPSA) is 149 Å². The van der Waals surface area contributed by atoms with Crippen molar-refractivity contribution >= 4 is 5.78 Å². The summed E-state index contributed by atoms with van der Waals surface area (Å²) in [6.07, 6.45) is 0. The largest absolute Gasteiger partial charge is 2.00 e. The van der Waals surface area contributed by atoms with Crippen LogP contribution >= 0.6 is 0 Å². The van der Waals surface area contributed by atoms with E-state index in [2.05, 4.69) is 0 Å². The summed E-state index contributed by atoms with van der Waals surface area (Å²) in [4.78, 5) is 25.9. The number of rotatable bonds is 0. The number of nitrogens with zero attached hydrogens (tertiary/aromatic N) is 2. The van der Waals surface area contributed by atoms with Gasteiger partial charge in [0.15, 0.2) is 0 Å². The van der Waals surface area contributed by atoms with Crippen LogP contribution in [0.4, 0.5) is 0 Å². The third-order valence-electron chi connectivity index (χ3n) is 0. The van der Waals surface area contributed by atoms with E-state index in [1.807, 2.05) is 0 Å². The number of ketones is 1. The molecule has 0 bridgehead atoms. The Morgan fingerprint density at radius 3 is 0.923 bits per heavy atom. The van der Waals surface area contributed by atoms with Crippen molar-refractivity contribution in [3.63, 3.8) is 0 Å². The molecule has 0 saturated heterocycles. The summed E-state index contributed by atoms with van der Waals surface area (Å²) in [6, 6.07) is 0. The van der Waals surface area contributed by atoms with E-state index in [0.29, 0.717) is 0 Å². The summed E-state index contributed by atoms with van der Waals surface area (Å²) in [6.45, 7) is 3.06. The average Bonchev–Trinajstić information content (AvgIpc) is 1.54. The first kappa shape index (κ1) is 22.6. The molecule has 0 spiro atoms. The molecular weight excluding hydrogens is 240 g/mol. The maximum absolute atomic E-state index is 9.44. The summed E-state index contributed by atoms with van der Waals surface area (Å²) in [5.74, 6) is 0.167. The van der Waals surface area contributed by atoms with Crippen molar-refractivity contribution in [1.82, 2.24) is 0 Å². The zero-order valence-electron chi connectivity index (χ0n) is 6.55. The van der Waals surface area contributed by atoms with E-state index in [9.17, 15) is 4.79 Å². The maximum atomic E-state index is 9.44. The van der Waals surface area contributed by atoms with Gasteiger partial charge in [-0.2, -0.15) is 0 Å². The fraction of sp³-hybridized carbons (Fsp3) is 0.667. The monoisotopic (exact) mass is 245 g/mol. The van der Waals surface area contributed by atoms with E-state index in [1.54, 1.807) is 0 Å². The number of Topliss-reactive ketones (excluding diaryl/α,β-unsaturated/α-hetero) is 1. The number of hydrogen-bond acceptors (Lipinski definition) is 7. The average molecular weight is 246 g/mol. The first-order valence-corrected chi connectivity index (χ1v) is 2.30. The van der Waals surface area contributed by atoms with Crippen LogP contribution in [0, 0.1) is 30.6 Å². The molecule has 0 heterocycles. The van der Waals surface area contributed by atoms with E-state index < -0.39 is 10.2 Å². The SMILES string of the molecule is CC(C)=O.O=[N+]([O-])[O-].O=[N+]([O-])[O-].[Cu+2]. The van der Waals surface area contributed by atoms with Crippen LogP contribution in [0.5, 0.6) is 0 Å². The van der Waals surface area contributed by atoms with Crippen LogP contribution in [0.15, 0.2) is 0 Å². The summed E-state index contributed by atoms with van der Waals surface area (Å²) >= 11 is 0. The molecule has 0 amide bonds. The van der Waals surface area contributed by atoms with Gasteiger partial charge in [-0.25, -0.2) is 0 Å². The molecule has 9 nitrogen and oxygen atoms in total. The second-order valence-corrected chi connectivity index (χ2v) is 1.36. The smallest absolute Gasteiger partial charge is 0.356 e. The molecule has 0 aliphatic heterocycles. The second kappa shape index (κ2) is 16.9. The van der Waals surface area contributed by atoms with Gasteiger partial charge in [0, 0.05) is 0 Å². The van der Waals surface area contributed by atoms with Crippen molar-refractivity contribution in [2.45, 2.75) is 13.8 Å². The van der Waals surface area contributed by atoms with Gasteiger partial charge in [0.25, 0.3) is 0 Å². The Balaban J connectivity index is -0.0000000450. The van der Waals surface area contributed by atoms with Crippen LogP contribution in [0.3, 0.4) is 0 Å². The standard InChI is InChI=1S/C3H6O.Cu.2NO3/c1-3(2)4;;2*2-1(3)4/h1-2H3;;;/q;+2;2*-1. The molecule has 13 heavy (non-hydrogen) atoms. The number of hydrogen-bond donors (Lipinski definition) is 0. The van der Waals surface area contributed by atoms with Gasteiger partial charge in [-0.15, -0.1) is 0 Å². The predicted molar refractivity (Wildman–Crippen MR) is 37.1 cm³/mol. The van der Waals surface area contributed by atoms with Gasteiger partial charge in [-0.1, -0.05) is 0 Å². The van der Waals surface area contributed by atoms with E-state index in [1.165, 1.54) is 13.8 Å². The molecule has 0 fully saturated rings. The molecule has 0 aliphatic rings. The molecule has 0 saturated carbocycles. The Morgan fingerprint density at radius 1 is 0.923 bits per heavy atom. The first-order valence-electron chi connectivity index (χ1n) is 2.30. The van der Waals surface area contributed by atoms with E-state index in [0.717, 1.165) is 0 Å². The van der Waals surface area contributed by atoms with Crippen molar-refractivity contribution in [2.24, 2.45) is 0 Å². The van der Waals surface area contributed by atoms with Crippen molar-refractivity contribution in [3.8, 4) is 0 Å². The van der Waals surface area contributed by atoms with Gasteiger partial charge in [-0.3, -0.25) is 0 Å². The van der Waals surface area contributed by atoms with Crippen molar-refractivity contribution < 1.29 is 32.0 Å². The Bertz CT molecular complexity index is 119. The van der Waals surface area contributed by atoms with Crippen LogP contribution in [0.1, 0.15) is 13.8 Å². The van der Waals surface area contributed by atoms with Gasteiger partial charge < -0.3 is 35.4 Å². The van der Waals surface area contributed by atoms with Crippen LogP contribution in [-0.4, -0.2) is 16.0 Å². The number of carbonyl (C=O) groups is 1. The van der Waals surface area contributed by atoms with Crippen molar-refractivity contribution in [3.05, 3.63) is 30.6 Å². The minimum Gasteiger partial charge on any atom is -0.356 e. The molecule has 0 aromatic heterocycles. The minimum absolute atomic E-state index is 0. The third kappa shape index (κ3) is 393. The zero-order chi connectivity index (χ0) is 10.7. The van der Waals surface area contributed by atoms with Gasteiger partial charge in [0.1, 0.15) is 5.78 Å². The molecule has 81 valence electrons. The van der Waals surface area contributed by atoms with Gasteiger partial charge in [0.05, 0.1) is 10.2 Å². The van der Waals surface area contributed by atoms with Crippen molar-refractivity contribution in [1.29, 1.82) is 0 Å². The maximum Gasteiger partial charge on any atom is 2.00 e. The minimum atomic E-state index is -1.75. The quantitative estimate of drug-likeness (QED) is 0.334. The van der Waals surface area contributed by atoms with Gasteiger partial charge in [0.2, 0.25) is 0 Å². The summed E-state index contributed by atoms with van der Waals surface area (Å²) < 4.78 is 0. The van der Waals surface area contributed by atoms with E-state index in [-0.39, 0.29) is 22.9 Å². The summed E-state index contributed by atoms with van der Waals surface area (Å²) in [5.41, 5.74) is 0. The molecule has 0 N–H and O–H groups in total. The Kier molecular flexibility index (Phi) is 29.3. The molecular formula is C3H6CuN2O7. The fourth-order valence-corrected chi connectivity index (χ4v) is 0. The molecule has 1 radical (unpaired) electrons.